The predicted molar refractivity (Wildman–Crippen MR) is 243 cm³/mol. The standard InChI is InChI=1S/C51H87NO3/c1-3-5-7-9-11-13-15-17-19-21-23-25-26-27-29-31-33-35-37-39-41-43-45-47-51(55)52-49(48-53)50(54)46-44-42-40-38-36-34-32-30-28-24-22-20-18-16-14-12-10-8-6-4-2/h5,7,11,13,17,19,23,25,27,29,33,35-36,38,44,46,49-50,53-54H,3-4,6,8-10,12,14-16,18,20-22,24,26,28,30-32,34,37,39-43,45,47-48H2,1-2H3,(H,52,55)/b7-5-,13-11-,19-17-,25-23-,29-27-,35-33-,38-36+,46-44+. The Morgan fingerprint density at radius 2 is 0.818 bits per heavy atom. The number of hydrogen-bond acceptors (Lipinski definition) is 3. The average Bonchev–Trinajstić information content (AvgIpc) is 3.19. The number of nitrogens with one attached hydrogen (secondary N) is 1. The molecule has 0 rings (SSSR count). The molecule has 0 radical (unpaired) electrons. The minimum absolute atomic E-state index is 0.102. The average molecular weight is 762 g/mol. The molecule has 0 saturated carbocycles. The van der Waals surface area contributed by atoms with Gasteiger partial charge in [-0.15, -0.1) is 0 Å². The van der Waals surface area contributed by atoms with Gasteiger partial charge >= 0.3 is 0 Å². The second kappa shape index (κ2) is 45.7. The highest BCUT2D eigenvalue weighted by Crippen LogP contribution is 2.14. The number of hydrogen-bond donors (Lipinski definition) is 3. The van der Waals surface area contributed by atoms with Crippen molar-refractivity contribution in [2.45, 2.75) is 212 Å². The third kappa shape index (κ3) is 42.3. The van der Waals surface area contributed by atoms with Crippen LogP contribution in [0.1, 0.15) is 200 Å². The van der Waals surface area contributed by atoms with E-state index in [9.17, 15) is 15.0 Å². The molecule has 0 fully saturated rings. The van der Waals surface area contributed by atoms with Gasteiger partial charge in [0.1, 0.15) is 0 Å². The zero-order chi connectivity index (χ0) is 40.0. The molecule has 1 amide bonds. The second-order valence-electron chi connectivity index (χ2n) is 15.1. The van der Waals surface area contributed by atoms with Crippen LogP contribution in [-0.2, 0) is 4.79 Å². The van der Waals surface area contributed by atoms with Crippen LogP contribution in [0, 0.1) is 0 Å². The lowest BCUT2D eigenvalue weighted by Crippen LogP contribution is -2.45. The molecule has 2 atom stereocenters. The molecule has 0 aromatic heterocycles. The maximum atomic E-state index is 12.4. The summed E-state index contributed by atoms with van der Waals surface area (Å²) in [6.07, 6.45) is 68.0. The van der Waals surface area contributed by atoms with E-state index in [1.54, 1.807) is 6.08 Å². The SMILES string of the molecule is CC/C=C\C/C=C\C/C=C\C/C=C\C/C=C\C/C=C\CCCCCCC(=O)NC(CO)C(O)/C=C/CC/C=C/CCCCCCCCCCCCCCCC. The van der Waals surface area contributed by atoms with E-state index in [4.69, 9.17) is 0 Å². The van der Waals surface area contributed by atoms with Crippen LogP contribution in [0.4, 0.5) is 0 Å². The summed E-state index contributed by atoms with van der Waals surface area (Å²) in [6, 6.07) is -0.660. The third-order valence-electron chi connectivity index (χ3n) is 9.80. The predicted octanol–water partition coefficient (Wildman–Crippen LogP) is 14.6. The number of aliphatic hydroxyl groups excluding tert-OH is 2. The molecule has 314 valence electrons. The summed E-state index contributed by atoms with van der Waals surface area (Å²) in [5, 5.41) is 23.0. The van der Waals surface area contributed by atoms with Gasteiger partial charge in [-0.1, -0.05) is 207 Å². The lowest BCUT2D eigenvalue weighted by Gasteiger charge is -2.19. The Kier molecular flexibility index (Phi) is 43.5. The van der Waals surface area contributed by atoms with Gasteiger partial charge in [0.15, 0.2) is 0 Å². The molecule has 0 heterocycles. The fourth-order valence-corrected chi connectivity index (χ4v) is 6.31. The Balaban J connectivity index is 3.72. The Labute approximate surface area is 341 Å². The molecule has 0 aromatic carbocycles. The maximum absolute atomic E-state index is 12.4. The number of amides is 1. The van der Waals surface area contributed by atoms with Crippen molar-refractivity contribution in [3.05, 3.63) is 97.2 Å². The first kappa shape index (κ1) is 52.3. The molecule has 0 spiro atoms. The van der Waals surface area contributed by atoms with Crippen molar-refractivity contribution >= 4 is 5.91 Å². The summed E-state index contributed by atoms with van der Waals surface area (Å²) in [6.45, 7) is 4.17. The molecule has 2 unspecified atom stereocenters. The van der Waals surface area contributed by atoms with Gasteiger partial charge in [-0.3, -0.25) is 4.79 Å². The molecule has 0 aromatic rings. The molecule has 0 saturated heterocycles. The first-order chi connectivity index (χ1) is 27.2. The van der Waals surface area contributed by atoms with Gasteiger partial charge in [-0.05, 0) is 83.5 Å². The van der Waals surface area contributed by atoms with Crippen LogP contribution < -0.4 is 5.32 Å². The fraction of sp³-hybridized carbons (Fsp3) is 0.667. The molecular weight excluding hydrogens is 675 g/mol. The lowest BCUT2D eigenvalue weighted by molar-refractivity contribution is -0.123. The molecule has 0 aliphatic heterocycles. The van der Waals surface area contributed by atoms with Crippen molar-refractivity contribution in [1.82, 2.24) is 5.32 Å². The van der Waals surface area contributed by atoms with Gasteiger partial charge < -0.3 is 15.5 Å². The first-order valence-corrected chi connectivity index (χ1v) is 23.0. The van der Waals surface area contributed by atoms with Gasteiger partial charge in [0.05, 0.1) is 18.8 Å². The number of unbranched alkanes of at least 4 members (excludes halogenated alkanes) is 19. The third-order valence-corrected chi connectivity index (χ3v) is 9.80. The summed E-state index contributed by atoms with van der Waals surface area (Å²) >= 11 is 0. The number of aliphatic hydroxyl groups is 2. The zero-order valence-corrected chi connectivity index (χ0v) is 35.9. The van der Waals surface area contributed by atoms with E-state index >= 15 is 0 Å². The van der Waals surface area contributed by atoms with Gasteiger partial charge in [0.25, 0.3) is 0 Å². The van der Waals surface area contributed by atoms with Crippen LogP contribution in [-0.4, -0.2) is 34.9 Å². The topological polar surface area (TPSA) is 69.6 Å². The van der Waals surface area contributed by atoms with Gasteiger partial charge in [0.2, 0.25) is 5.91 Å². The minimum atomic E-state index is -0.880. The molecule has 0 bridgehead atoms. The van der Waals surface area contributed by atoms with Crippen molar-refractivity contribution < 1.29 is 15.0 Å². The van der Waals surface area contributed by atoms with Crippen LogP contribution in [0.2, 0.25) is 0 Å². The van der Waals surface area contributed by atoms with E-state index in [2.05, 4.69) is 104 Å². The highest BCUT2D eigenvalue weighted by molar-refractivity contribution is 5.76. The van der Waals surface area contributed by atoms with Crippen LogP contribution in [0.15, 0.2) is 97.2 Å². The second-order valence-corrected chi connectivity index (χ2v) is 15.1. The minimum Gasteiger partial charge on any atom is -0.394 e. The van der Waals surface area contributed by atoms with E-state index in [1.807, 2.05) is 6.08 Å². The summed E-state index contributed by atoms with van der Waals surface area (Å²) < 4.78 is 0. The van der Waals surface area contributed by atoms with Gasteiger partial charge in [-0.2, -0.15) is 0 Å². The number of allylic oxidation sites excluding steroid dienone is 15. The number of rotatable bonds is 40. The molecular formula is C51H87NO3. The summed E-state index contributed by atoms with van der Waals surface area (Å²) in [4.78, 5) is 12.4. The Bertz CT molecular complexity index is 1050. The van der Waals surface area contributed by atoms with E-state index in [0.29, 0.717) is 6.42 Å². The highest BCUT2D eigenvalue weighted by atomic mass is 16.3. The summed E-state index contributed by atoms with van der Waals surface area (Å²) in [5.74, 6) is -0.102. The fourth-order valence-electron chi connectivity index (χ4n) is 6.31. The summed E-state index contributed by atoms with van der Waals surface area (Å²) in [5.41, 5.74) is 0. The van der Waals surface area contributed by atoms with E-state index in [1.165, 1.54) is 89.9 Å². The van der Waals surface area contributed by atoms with Crippen molar-refractivity contribution in [2.24, 2.45) is 0 Å². The number of carbonyl (C=O) groups is 1. The molecule has 0 aliphatic rings. The van der Waals surface area contributed by atoms with Crippen LogP contribution in [0.3, 0.4) is 0 Å². The highest BCUT2D eigenvalue weighted by Gasteiger charge is 2.17. The molecule has 0 aliphatic carbocycles. The zero-order valence-electron chi connectivity index (χ0n) is 35.9. The summed E-state index contributed by atoms with van der Waals surface area (Å²) in [7, 11) is 0. The largest absolute Gasteiger partial charge is 0.394 e. The normalized spacial score (nSPS) is 13.9. The van der Waals surface area contributed by atoms with E-state index < -0.39 is 12.1 Å². The van der Waals surface area contributed by atoms with E-state index in [-0.39, 0.29) is 12.5 Å². The lowest BCUT2D eigenvalue weighted by atomic mass is 10.0. The van der Waals surface area contributed by atoms with E-state index in [0.717, 1.165) is 89.9 Å². The first-order valence-electron chi connectivity index (χ1n) is 23.0. The van der Waals surface area contributed by atoms with Crippen LogP contribution in [0.5, 0.6) is 0 Å². The maximum Gasteiger partial charge on any atom is 0.220 e. The monoisotopic (exact) mass is 762 g/mol. The Morgan fingerprint density at radius 1 is 0.455 bits per heavy atom. The van der Waals surface area contributed by atoms with Gasteiger partial charge in [0, 0.05) is 6.42 Å². The Morgan fingerprint density at radius 3 is 1.27 bits per heavy atom. The van der Waals surface area contributed by atoms with Crippen molar-refractivity contribution in [3.8, 4) is 0 Å². The molecule has 4 nitrogen and oxygen atoms in total. The molecule has 3 N–H and O–H groups in total. The number of carbonyl (C=O) groups excluding carboxylic acids is 1. The van der Waals surface area contributed by atoms with Crippen LogP contribution >= 0.6 is 0 Å². The van der Waals surface area contributed by atoms with Gasteiger partial charge in [-0.25, -0.2) is 0 Å². The quantitative estimate of drug-likeness (QED) is 0.0430. The Hall–Kier alpha value is -2.69. The van der Waals surface area contributed by atoms with Crippen molar-refractivity contribution in [2.75, 3.05) is 6.61 Å². The molecule has 4 heteroatoms. The van der Waals surface area contributed by atoms with Crippen molar-refractivity contribution in [3.63, 3.8) is 0 Å². The smallest absolute Gasteiger partial charge is 0.220 e. The van der Waals surface area contributed by atoms with Crippen LogP contribution in [0.25, 0.3) is 0 Å². The molecule has 55 heavy (non-hydrogen) atoms. The van der Waals surface area contributed by atoms with Crippen molar-refractivity contribution in [1.29, 1.82) is 0 Å².